The molecule has 1 aromatic carbocycles. The normalized spacial score (nSPS) is 21.3. The van der Waals surface area contributed by atoms with Gasteiger partial charge in [0.25, 0.3) is 0 Å². The summed E-state index contributed by atoms with van der Waals surface area (Å²) >= 11 is 6.14. The van der Waals surface area contributed by atoms with Crippen molar-refractivity contribution in [2.24, 2.45) is 11.8 Å². The van der Waals surface area contributed by atoms with E-state index in [0.717, 1.165) is 29.4 Å². The largest absolute Gasteiger partial charge is 0.489 e. The molecular weight excluding hydrogens is 246 g/mol. The van der Waals surface area contributed by atoms with E-state index in [4.69, 9.17) is 16.3 Å². The molecular formula is C15H22ClNO. The van der Waals surface area contributed by atoms with Crippen molar-refractivity contribution in [2.75, 3.05) is 13.1 Å². The molecule has 2 atom stereocenters. The van der Waals surface area contributed by atoms with Crippen LogP contribution in [0.1, 0.15) is 25.8 Å². The molecule has 2 nitrogen and oxygen atoms in total. The summed E-state index contributed by atoms with van der Waals surface area (Å²) in [6.07, 6.45) is 1.46. The first-order valence-corrected chi connectivity index (χ1v) is 7.10. The van der Waals surface area contributed by atoms with Crippen molar-refractivity contribution in [2.45, 2.75) is 33.3 Å². The summed E-state index contributed by atoms with van der Waals surface area (Å²) in [6.45, 7) is 8.63. The molecule has 0 aromatic heterocycles. The maximum Gasteiger partial charge on any atom is 0.124 e. The lowest BCUT2D eigenvalue weighted by Gasteiger charge is -2.28. The van der Waals surface area contributed by atoms with Crippen LogP contribution in [0.3, 0.4) is 0 Å². The second-order valence-electron chi connectivity index (χ2n) is 5.44. The average molecular weight is 268 g/mol. The fraction of sp³-hybridized carbons (Fsp3) is 0.600. The van der Waals surface area contributed by atoms with Gasteiger partial charge in [0.2, 0.25) is 0 Å². The molecule has 100 valence electrons. The summed E-state index contributed by atoms with van der Waals surface area (Å²) < 4.78 is 6.25. The number of hydrogen-bond acceptors (Lipinski definition) is 2. The molecule has 3 heteroatoms. The Morgan fingerprint density at radius 2 is 2.17 bits per heavy atom. The molecule has 0 radical (unpaired) electrons. The highest BCUT2D eigenvalue weighted by molar-refractivity contribution is 6.31. The van der Waals surface area contributed by atoms with Crippen LogP contribution < -0.4 is 10.1 Å². The van der Waals surface area contributed by atoms with Gasteiger partial charge in [0, 0.05) is 23.0 Å². The maximum atomic E-state index is 6.25. The molecule has 2 rings (SSSR count). The van der Waals surface area contributed by atoms with Crippen molar-refractivity contribution in [1.82, 2.24) is 5.32 Å². The van der Waals surface area contributed by atoms with E-state index >= 15 is 0 Å². The first-order chi connectivity index (χ1) is 8.59. The lowest BCUT2D eigenvalue weighted by Crippen LogP contribution is -2.33. The SMILES string of the molecule is Cc1c(Cl)cccc1O[C@@H](C(C)C)[C@@H]1CCNC1. The topological polar surface area (TPSA) is 21.3 Å². The maximum absolute atomic E-state index is 6.25. The van der Waals surface area contributed by atoms with Gasteiger partial charge in [-0.2, -0.15) is 0 Å². The van der Waals surface area contributed by atoms with Crippen LogP contribution in [0.4, 0.5) is 0 Å². The minimum Gasteiger partial charge on any atom is -0.489 e. The Labute approximate surface area is 115 Å². The van der Waals surface area contributed by atoms with Gasteiger partial charge in [0.1, 0.15) is 11.9 Å². The quantitative estimate of drug-likeness (QED) is 0.899. The highest BCUT2D eigenvalue weighted by atomic mass is 35.5. The lowest BCUT2D eigenvalue weighted by molar-refractivity contribution is 0.0966. The van der Waals surface area contributed by atoms with Gasteiger partial charge in [-0.05, 0) is 37.9 Å². The zero-order valence-electron chi connectivity index (χ0n) is 11.4. The van der Waals surface area contributed by atoms with Crippen molar-refractivity contribution in [3.05, 3.63) is 28.8 Å². The molecule has 1 aromatic rings. The molecule has 1 fully saturated rings. The van der Waals surface area contributed by atoms with Gasteiger partial charge in [-0.25, -0.2) is 0 Å². The number of benzene rings is 1. The van der Waals surface area contributed by atoms with E-state index in [-0.39, 0.29) is 6.10 Å². The Hall–Kier alpha value is -0.730. The van der Waals surface area contributed by atoms with Crippen LogP contribution in [0, 0.1) is 18.8 Å². The predicted octanol–water partition coefficient (Wildman–Crippen LogP) is 3.66. The second kappa shape index (κ2) is 5.94. The predicted molar refractivity (Wildman–Crippen MR) is 76.4 cm³/mol. The molecule has 1 N–H and O–H groups in total. The van der Waals surface area contributed by atoms with Gasteiger partial charge >= 0.3 is 0 Å². The summed E-state index contributed by atoms with van der Waals surface area (Å²) in [6, 6.07) is 5.87. The Morgan fingerprint density at radius 1 is 1.39 bits per heavy atom. The van der Waals surface area contributed by atoms with Crippen LogP contribution >= 0.6 is 11.6 Å². The molecule has 1 heterocycles. The van der Waals surface area contributed by atoms with Gasteiger partial charge in [-0.3, -0.25) is 0 Å². The molecule has 1 aliphatic heterocycles. The van der Waals surface area contributed by atoms with E-state index in [0.29, 0.717) is 11.8 Å². The highest BCUT2D eigenvalue weighted by Gasteiger charge is 2.29. The molecule has 0 amide bonds. The van der Waals surface area contributed by atoms with E-state index in [1.807, 2.05) is 25.1 Å². The van der Waals surface area contributed by atoms with Crippen molar-refractivity contribution >= 4 is 11.6 Å². The minimum absolute atomic E-state index is 0.261. The smallest absolute Gasteiger partial charge is 0.124 e. The third-order valence-corrected chi connectivity index (χ3v) is 4.11. The number of rotatable bonds is 4. The Kier molecular flexibility index (Phi) is 4.52. The zero-order valence-corrected chi connectivity index (χ0v) is 12.1. The van der Waals surface area contributed by atoms with E-state index in [2.05, 4.69) is 19.2 Å². The van der Waals surface area contributed by atoms with Gasteiger partial charge < -0.3 is 10.1 Å². The Balaban J connectivity index is 2.15. The number of halogens is 1. The van der Waals surface area contributed by atoms with Crippen molar-refractivity contribution in [1.29, 1.82) is 0 Å². The molecule has 18 heavy (non-hydrogen) atoms. The third kappa shape index (κ3) is 2.99. The Bertz CT molecular complexity index is 399. The minimum atomic E-state index is 0.261. The van der Waals surface area contributed by atoms with Crippen molar-refractivity contribution < 1.29 is 4.74 Å². The van der Waals surface area contributed by atoms with E-state index < -0.39 is 0 Å². The summed E-state index contributed by atoms with van der Waals surface area (Å²) in [4.78, 5) is 0. The number of ether oxygens (including phenoxy) is 1. The van der Waals surface area contributed by atoms with Gasteiger partial charge in [0.05, 0.1) is 0 Å². The van der Waals surface area contributed by atoms with Crippen LogP contribution in [-0.4, -0.2) is 19.2 Å². The molecule has 0 saturated carbocycles. The molecule has 0 unspecified atom stereocenters. The van der Waals surface area contributed by atoms with E-state index in [1.54, 1.807) is 0 Å². The third-order valence-electron chi connectivity index (χ3n) is 3.70. The van der Waals surface area contributed by atoms with Crippen molar-refractivity contribution in [3.8, 4) is 5.75 Å². The Morgan fingerprint density at radius 3 is 2.78 bits per heavy atom. The van der Waals surface area contributed by atoms with Crippen LogP contribution in [0.25, 0.3) is 0 Å². The average Bonchev–Trinajstić information content (AvgIpc) is 2.84. The summed E-state index contributed by atoms with van der Waals surface area (Å²) in [5.41, 5.74) is 1.04. The summed E-state index contributed by atoms with van der Waals surface area (Å²) in [7, 11) is 0. The zero-order chi connectivity index (χ0) is 13.1. The highest BCUT2D eigenvalue weighted by Crippen LogP contribution is 2.30. The molecule has 0 aliphatic carbocycles. The summed E-state index contributed by atoms with van der Waals surface area (Å²) in [5.74, 6) is 2.03. The van der Waals surface area contributed by atoms with E-state index in [1.165, 1.54) is 6.42 Å². The fourth-order valence-corrected chi connectivity index (χ4v) is 2.76. The van der Waals surface area contributed by atoms with Crippen LogP contribution in [0.2, 0.25) is 5.02 Å². The van der Waals surface area contributed by atoms with Crippen LogP contribution in [-0.2, 0) is 0 Å². The van der Waals surface area contributed by atoms with Crippen LogP contribution in [0.15, 0.2) is 18.2 Å². The van der Waals surface area contributed by atoms with Gasteiger partial charge in [-0.1, -0.05) is 31.5 Å². The number of nitrogens with one attached hydrogen (secondary N) is 1. The first-order valence-electron chi connectivity index (χ1n) is 6.72. The molecule has 0 spiro atoms. The first kappa shape index (κ1) is 13.7. The number of hydrogen-bond donors (Lipinski definition) is 1. The monoisotopic (exact) mass is 267 g/mol. The fourth-order valence-electron chi connectivity index (χ4n) is 2.60. The molecule has 1 saturated heterocycles. The van der Waals surface area contributed by atoms with Gasteiger partial charge in [0.15, 0.2) is 0 Å². The summed E-state index contributed by atoms with van der Waals surface area (Å²) in [5, 5.41) is 4.19. The van der Waals surface area contributed by atoms with Crippen LogP contribution in [0.5, 0.6) is 5.75 Å². The lowest BCUT2D eigenvalue weighted by atomic mass is 9.92. The second-order valence-corrected chi connectivity index (χ2v) is 5.85. The van der Waals surface area contributed by atoms with Gasteiger partial charge in [-0.15, -0.1) is 0 Å². The van der Waals surface area contributed by atoms with E-state index in [9.17, 15) is 0 Å². The molecule has 1 aliphatic rings. The van der Waals surface area contributed by atoms with Crippen molar-refractivity contribution in [3.63, 3.8) is 0 Å². The standard InChI is InChI=1S/C15H22ClNO/c1-10(2)15(12-7-8-17-9-12)18-14-6-4-5-13(16)11(14)3/h4-6,10,12,15,17H,7-9H2,1-3H3/t12-,15+/m1/s1. The molecule has 0 bridgehead atoms.